The van der Waals surface area contributed by atoms with E-state index in [1.54, 1.807) is 6.07 Å². The summed E-state index contributed by atoms with van der Waals surface area (Å²) in [5.74, 6) is 2.73. The Labute approximate surface area is 231 Å². The number of aromatic nitrogens is 4. The minimum Gasteiger partial charge on any atom is -0.490 e. The maximum Gasteiger partial charge on any atom is 0.275 e. The molecule has 5 aromatic rings. The van der Waals surface area contributed by atoms with Crippen molar-refractivity contribution in [1.82, 2.24) is 19.6 Å². The lowest BCUT2D eigenvalue weighted by Gasteiger charge is -2.18. The Morgan fingerprint density at radius 1 is 0.775 bits per heavy atom. The van der Waals surface area contributed by atoms with E-state index in [9.17, 15) is 9.59 Å². The molecule has 2 aromatic heterocycles. The molecular weight excluding hydrogens is 504 g/mol. The summed E-state index contributed by atoms with van der Waals surface area (Å²) in [6.45, 7) is 6.04. The van der Waals surface area contributed by atoms with E-state index in [2.05, 4.69) is 16.1 Å². The normalized spacial score (nSPS) is 11.0. The average Bonchev–Trinajstić information content (AvgIpc) is 3.44. The van der Waals surface area contributed by atoms with Crippen molar-refractivity contribution in [2.45, 2.75) is 26.7 Å². The van der Waals surface area contributed by atoms with Crippen molar-refractivity contribution >= 4 is 0 Å². The van der Waals surface area contributed by atoms with Gasteiger partial charge in [0, 0.05) is 17.3 Å². The zero-order chi connectivity index (χ0) is 28.2. The van der Waals surface area contributed by atoms with Gasteiger partial charge in [-0.05, 0) is 62.7 Å². The summed E-state index contributed by atoms with van der Waals surface area (Å²) >= 11 is 0. The van der Waals surface area contributed by atoms with Crippen molar-refractivity contribution in [3.05, 3.63) is 128 Å². The summed E-state index contributed by atoms with van der Waals surface area (Å²) in [5.41, 5.74) is 3.83. The van der Waals surface area contributed by atoms with Crippen LogP contribution in [-0.2, 0) is 0 Å². The highest BCUT2D eigenvalue weighted by Gasteiger charge is 2.31. The van der Waals surface area contributed by atoms with Crippen LogP contribution in [0.5, 0.6) is 11.5 Å². The molecule has 40 heavy (non-hydrogen) atoms. The molecule has 8 heteroatoms. The van der Waals surface area contributed by atoms with Gasteiger partial charge in [-0.2, -0.15) is 0 Å². The number of aromatic amines is 2. The van der Waals surface area contributed by atoms with E-state index in [0.29, 0.717) is 57.6 Å². The predicted octanol–water partition coefficient (Wildman–Crippen LogP) is 4.85. The Hall–Kier alpha value is -5.16. The number of H-pyrrole nitrogens is 2. The van der Waals surface area contributed by atoms with Crippen LogP contribution in [0, 0.1) is 26.2 Å². The second-order valence-electron chi connectivity index (χ2n) is 9.32. The molecule has 0 aliphatic heterocycles. The molecule has 0 aliphatic carbocycles. The molecule has 2 N–H and O–H groups in total. The number of hydrogen-bond donors (Lipinski definition) is 2. The number of hydrogen-bond acceptors (Lipinski definition) is 4. The van der Waals surface area contributed by atoms with Crippen LogP contribution in [0.25, 0.3) is 11.4 Å². The Morgan fingerprint density at radius 2 is 1.30 bits per heavy atom. The number of terminal acetylenes is 1. The van der Waals surface area contributed by atoms with E-state index in [4.69, 9.17) is 15.9 Å². The van der Waals surface area contributed by atoms with Gasteiger partial charge in [0.2, 0.25) is 0 Å². The van der Waals surface area contributed by atoms with Gasteiger partial charge < -0.3 is 9.47 Å². The molecule has 0 saturated heterocycles. The smallest absolute Gasteiger partial charge is 0.275 e. The second kappa shape index (κ2) is 11.3. The first-order valence-electron chi connectivity index (χ1n) is 13.0. The molecule has 202 valence electrons. The van der Waals surface area contributed by atoms with Crippen LogP contribution in [-0.4, -0.2) is 32.8 Å². The number of nitrogens with one attached hydrogen (secondary N) is 2. The van der Waals surface area contributed by atoms with Crippen LogP contribution >= 0.6 is 0 Å². The first-order chi connectivity index (χ1) is 19.4. The van der Waals surface area contributed by atoms with Gasteiger partial charge in [0.1, 0.15) is 6.61 Å². The van der Waals surface area contributed by atoms with Crippen LogP contribution in [0.4, 0.5) is 0 Å². The van der Waals surface area contributed by atoms with Gasteiger partial charge in [-0.15, -0.1) is 6.42 Å². The fourth-order valence-electron chi connectivity index (χ4n) is 5.01. The standard InChI is InChI=1S/C32H30N4O4/c1-5-19-40-26-18-17-23(20-27(26)39-6-2)30(28-21(3)33-35(31(28)37)24-13-9-7-10-14-24)29-22(4)34-36(32(29)38)25-15-11-8-12-16-25/h1,7-18,20,30,33-34H,6,19H2,2-4H3. The highest BCUT2D eigenvalue weighted by Crippen LogP contribution is 2.37. The quantitative estimate of drug-likeness (QED) is 0.264. The topological polar surface area (TPSA) is 94.0 Å². The summed E-state index contributed by atoms with van der Waals surface area (Å²) in [7, 11) is 0. The number of aryl methyl sites for hydroxylation is 2. The first-order valence-corrected chi connectivity index (χ1v) is 13.0. The number of nitrogens with zero attached hydrogens (tertiary/aromatic N) is 2. The number of benzene rings is 3. The van der Waals surface area contributed by atoms with Gasteiger partial charge in [0.05, 0.1) is 29.1 Å². The fraction of sp³-hybridized carbons (Fsp3) is 0.188. The Kier molecular flexibility index (Phi) is 7.47. The van der Waals surface area contributed by atoms with E-state index >= 15 is 0 Å². The van der Waals surface area contributed by atoms with Crippen molar-refractivity contribution in [3.8, 4) is 35.2 Å². The highest BCUT2D eigenvalue weighted by atomic mass is 16.5. The van der Waals surface area contributed by atoms with Crippen molar-refractivity contribution < 1.29 is 9.47 Å². The molecule has 0 aliphatic rings. The van der Waals surface area contributed by atoms with E-state index in [1.807, 2.05) is 93.6 Å². The maximum atomic E-state index is 14.0. The van der Waals surface area contributed by atoms with Crippen molar-refractivity contribution in [2.24, 2.45) is 0 Å². The zero-order valence-corrected chi connectivity index (χ0v) is 22.6. The average molecular weight is 535 g/mol. The van der Waals surface area contributed by atoms with Crippen LogP contribution in [0.1, 0.15) is 40.9 Å². The molecule has 0 bridgehead atoms. The fourth-order valence-corrected chi connectivity index (χ4v) is 5.01. The van der Waals surface area contributed by atoms with Gasteiger partial charge in [-0.25, -0.2) is 9.36 Å². The van der Waals surface area contributed by atoms with Gasteiger partial charge in [-0.3, -0.25) is 19.8 Å². The van der Waals surface area contributed by atoms with E-state index in [-0.39, 0.29) is 17.7 Å². The lowest BCUT2D eigenvalue weighted by atomic mass is 9.85. The molecule has 0 spiro atoms. The third-order valence-corrected chi connectivity index (χ3v) is 6.75. The van der Waals surface area contributed by atoms with Crippen LogP contribution in [0.2, 0.25) is 0 Å². The molecule has 8 nitrogen and oxygen atoms in total. The molecular formula is C32H30N4O4. The third-order valence-electron chi connectivity index (χ3n) is 6.75. The molecule has 0 atom stereocenters. The molecule has 3 aromatic carbocycles. The Bertz CT molecular complexity index is 1690. The number of para-hydroxylation sites is 2. The van der Waals surface area contributed by atoms with Gasteiger partial charge in [-0.1, -0.05) is 48.4 Å². The minimum absolute atomic E-state index is 0.0836. The van der Waals surface area contributed by atoms with Gasteiger partial charge >= 0.3 is 0 Å². The molecule has 0 radical (unpaired) electrons. The lowest BCUT2D eigenvalue weighted by Crippen LogP contribution is -2.25. The zero-order valence-electron chi connectivity index (χ0n) is 22.6. The maximum absolute atomic E-state index is 14.0. The lowest BCUT2D eigenvalue weighted by molar-refractivity contribution is 0.299. The summed E-state index contributed by atoms with van der Waals surface area (Å²) < 4.78 is 14.6. The first kappa shape index (κ1) is 26.4. The predicted molar refractivity (Wildman–Crippen MR) is 155 cm³/mol. The SMILES string of the molecule is C#CCOc1ccc(C(c2c(C)[nH]n(-c3ccccc3)c2=O)c2c(C)[nH]n(-c3ccccc3)c2=O)cc1OCC. The summed E-state index contributed by atoms with van der Waals surface area (Å²) in [5, 5.41) is 6.43. The summed E-state index contributed by atoms with van der Waals surface area (Å²) in [6.07, 6.45) is 5.40. The van der Waals surface area contributed by atoms with Crippen LogP contribution in [0.15, 0.2) is 88.5 Å². The van der Waals surface area contributed by atoms with E-state index < -0.39 is 5.92 Å². The van der Waals surface area contributed by atoms with Crippen LogP contribution < -0.4 is 20.6 Å². The number of rotatable bonds is 9. The molecule has 0 fully saturated rings. The molecule has 0 saturated carbocycles. The largest absolute Gasteiger partial charge is 0.490 e. The molecule has 5 rings (SSSR count). The number of ether oxygens (including phenoxy) is 2. The molecule has 0 unspecified atom stereocenters. The minimum atomic E-state index is -0.705. The van der Waals surface area contributed by atoms with Crippen molar-refractivity contribution in [3.63, 3.8) is 0 Å². The summed E-state index contributed by atoms with van der Waals surface area (Å²) in [4.78, 5) is 28.1. The van der Waals surface area contributed by atoms with Crippen molar-refractivity contribution in [2.75, 3.05) is 13.2 Å². The third kappa shape index (κ3) is 4.85. The Balaban J connectivity index is 1.76. The van der Waals surface area contributed by atoms with Crippen LogP contribution in [0.3, 0.4) is 0 Å². The van der Waals surface area contributed by atoms with Gasteiger partial charge in [0.15, 0.2) is 11.5 Å². The Morgan fingerprint density at radius 3 is 1.77 bits per heavy atom. The highest BCUT2D eigenvalue weighted by molar-refractivity contribution is 5.52. The van der Waals surface area contributed by atoms with E-state index in [1.165, 1.54) is 9.36 Å². The molecule has 0 amide bonds. The van der Waals surface area contributed by atoms with Crippen molar-refractivity contribution in [1.29, 1.82) is 0 Å². The molecule has 2 heterocycles. The second-order valence-corrected chi connectivity index (χ2v) is 9.32. The monoisotopic (exact) mass is 534 g/mol. The van der Waals surface area contributed by atoms with E-state index in [0.717, 1.165) is 0 Å². The summed E-state index contributed by atoms with van der Waals surface area (Å²) in [6, 6.07) is 24.1. The van der Waals surface area contributed by atoms with Gasteiger partial charge in [0.25, 0.3) is 11.1 Å².